The van der Waals surface area contributed by atoms with E-state index < -0.39 is 0 Å². The summed E-state index contributed by atoms with van der Waals surface area (Å²) in [5.74, 6) is 0.360. The zero-order valence-corrected chi connectivity index (χ0v) is 14.7. The van der Waals surface area contributed by atoms with Crippen LogP contribution in [0.4, 0.5) is 0 Å². The summed E-state index contributed by atoms with van der Waals surface area (Å²) in [6, 6.07) is 0. The Morgan fingerprint density at radius 1 is 1.10 bits per heavy atom. The molecule has 0 spiro atoms. The molecule has 0 saturated heterocycles. The molecule has 0 aromatic rings. The first-order chi connectivity index (χ1) is 9.63. The molecule has 0 aliphatic rings. The Morgan fingerprint density at radius 3 is 2.35 bits per heavy atom. The fraction of sp³-hybridized carbons (Fsp3) is 0.938. The van der Waals surface area contributed by atoms with Gasteiger partial charge in [0.2, 0.25) is 0 Å². The third-order valence-electron chi connectivity index (χ3n) is 3.71. The number of hydrogen-bond acceptors (Lipinski definition) is 3. The van der Waals surface area contributed by atoms with Crippen LogP contribution >= 0.6 is 9.47 Å². The molecule has 0 fully saturated rings. The summed E-state index contributed by atoms with van der Waals surface area (Å²) in [5, 5.41) is 0. The minimum atomic E-state index is -0.152. The van der Waals surface area contributed by atoms with Gasteiger partial charge in [0.25, 0.3) is 0 Å². The first-order valence-corrected chi connectivity index (χ1v) is 8.62. The molecule has 0 bridgehead atoms. The molecule has 120 valence electrons. The smallest absolute Gasteiger partial charge is 0.308 e. The van der Waals surface area contributed by atoms with Gasteiger partial charge < -0.3 is 9.26 Å². The van der Waals surface area contributed by atoms with Crippen LogP contribution < -0.4 is 0 Å². The average Bonchev–Trinajstić information content (AvgIpc) is 2.45. The van der Waals surface area contributed by atoms with Crippen LogP contribution in [-0.4, -0.2) is 18.7 Å². The third kappa shape index (κ3) is 11.7. The molecule has 0 aromatic heterocycles. The van der Waals surface area contributed by atoms with Crippen molar-refractivity contribution in [3.8, 4) is 0 Å². The van der Waals surface area contributed by atoms with Crippen molar-refractivity contribution in [1.29, 1.82) is 0 Å². The lowest BCUT2D eigenvalue weighted by atomic mass is 9.98. The molecule has 0 heterocycles. The molecule has 0 aliphatic carbocycles. The molecular weight excluding hydrogens is 271 g/mol. The van der Waals surface area contributed by atoms with Crippen LogP contribution in [0.25, 0.3) is 0 Å². The predicted octanol–water partition coefficient (Wildman–Crippen LogP) is 4.89. The van der Waals surface area contributed by atoms with Crippen LogP contribution in [-0.2, 0) is 14.1 Å². The average molecular weight is 304 g/mol. The highest BCUT2D eigenvalue weighted by molar-refractivity contribution is 7.09. The second-order valence-electron chi connectivity index (χ2n) is 5.66. The summed E-state index contributed by atoms with van der Waals surface area (Å²) in [6.07, 6.45) is 10.4. The van der Waals surface area contributed by atoms with Gasteiger partial charge in [-0.1, -0.05) is 58.8 Å². The van der Waals surface area contributed by atoms with Crippen molar-refractivity contribution in [2.24, 2.45) is 5.92 Å². The molecule has 0 N–H and O–H groups in total. The zero-order valence-electron chi connectivity index (χ0n) is 13.5. The van der Waals surface area contributed by atoms with Crippen LogP contribution in [0.15, 0.2) is 0 Å². The Balaban J connectivity index is 3.63. The molecule has 0 radical (unpaired) electrons. The van der Waals surface area contributed by atoms with E-state index in [1.807, 2.05) is 6.92 Å². The van der Waals surface area contributed by atoms with Gasteiger partial charge in [0.15, 0.2) is 0 Å². The van der Waals surface area contributed by atoms with Crippen molar-refractivity contribution in [2.45, 2.75) is 84.7 Å². The van der Waals surface area contributed by atoms with Gasteiger partial charge >= 0.3 is 5.97 Å². The van der Waals surface area contributed by atoms with Gasteiger partial charge in [0.1, 0.15) is 0 Å². The summed E-state index contributed by atoms with van der Waals surface area (Å²) in [5.41, 5.74) is 0. The minimum Gasteiger partial charge on any atom is -0.465 e. The van der Waals surface area contributed by atoms with Gasteiger partial charge in [-0.25, -0.2) is 0 Å². The number of carbonyl (C=O) groups is 1. The number of ether oxygens (including phenoxy) is 1. The maximum Gasteiger partial charge on any atom is 0.308 e. The van der Waals surface area contributed by atoms with E-state index in [0.717, 1.165) is 6.42 Å². The number of carbonyl (C=O) groups excluding carboxylic acids is 1. The van der Waals surface area contributed by atoms with Gasteiger partial charge in [-0.3, -0.25) is 4.79 Å². The highest BCUT2D eigenvalue weighted by Crippen LogP contribution is 2.16. The minimum absolute atomic E-state index is 0.0915. The number of unbranched alkanes of at least 4 members (excludes halogenated alkanes) is 5. The standard InChI is InChI=1S/C16H33O3P/c1-4-6-7-8-9-10-11-15(5-2)13-18-16(17)12-14(3)19-20/h14-15H,4-13,20H2,1-3H3. The monoisotopic (exact) mass is 304 g/mol. The lowest BCUT2D eigenvalue weighted by Gasteiger charge is -2.16. The van der Waals surface area contributed by atoms with Crippen molar-refractivity contribution in [3.05, 3.63) is 0 Å². The predicted molar refractivity (Wildman–Crippen MR) is 87.6 cm³/mol. The molecule has 3 nitrogen and oxygen atoms in total. The second-order valence-corrected chi connectivity index (χ2v) is 5.94. The van der Waals surface area contributed by atoms with E-state index in [4.69, 9.17) is 9.26 Å². The highest BCUT2D eigenvalue weighted by Gasteiger charge is 2.12. The topological polar surface area (TPSA) is 35.5 Å². The number of esters is 1. The summed E-state index contributed by atoms with van der Waals surface area (Å²) >= 11 is 0. The summed E-state index contributed by atoms with van der Waals surface area (Å²) in [6.45, 7) is 6.84. The number of rotatable bonds is 13. The Kier molecular flexibility index (Phi) is 13.7. The zero-order chi connectivity index (χ0) is 15.2. The first-order valence-electron chi connectivity index (χ1n) is 8.15. The van der Waals surface area contributed by atoms with Crippen LogP contribution in [0.5, 0.6) is 0 Å². The maximum atomic E-state index is 11.6. The van der Waals surface area contributed by atoms with Crippen molar-refractivity contribution in [1.82, 2.24) is 0 Å². The summed E-state index contributed by atoms with van der Waals surface area (Å²) in [4.78, 5) is 11.6. The molecular formula is C16H33O3P. The van der Waals surface area contributed by atoms with Crippen LogP contribution in [0.1, 0.15) is 78.6 Å². The van der Waals surface area contributed by atoms with Gasteiger partial charge in [0.05, 0.1) is 19.1 Å². The summed E-state index contributed by atoms with van der Waals surface area (Å²) < 4.78 is 10.3. The van der Waals surface area contributed by atoms with Gasteiger partial charge in [-0.05, 0) is 19.3 Å². The second kappa shape index (κ2) is 13.8. The van der Waals surface area contributed by atoms with Gasteiger partial charge in [-0.2, -0.15) is 0 Å². The Bertz CT molecular complexity index is 234. The maximum absolute atomic E-state index is 11.6. The third-order valence-corrected chi connectivity index (χ3v) is 4.17. The van der Waals surface area contributed by atoms with E-state index in [2.05, 4.69) is 23.3 Å². The molecule has 3 unspecified atom stereocenters. The fourth-order valence-corrected chi connectivity index (χ4v) is 2.27. The Morgan fingerprint density at radius 2 is 1.75 bits per heavy atom. The van der Waals surface area contributed by atoms with Crippen molar-refractivity contribution in [3.63, 3.8) is 0 Å². The molecule has 0 rings (SSSR count). The molecule has 0 saturated carbocycles. The first kappa shape index (κ1) is 19.9. The lowest BCUT2D eigenvalue weighted by Crippen LogP contribution is -2.17. The molecule has 4 heteroatoms. The van der Waals surface area contributed by atoms with E-state index in [-0.39, 0.29) is 12.1 Å². The van der Waals surface area contributed by atoms with E-state index in [1.54, 1.807) is 0 Å². The highest BCUT2D eigenvalue weighted by atomic mass is 31.0. The quantitative estimate of drug-likeness (QED) is 0.276. The molecule has 20 heavy (non-hydrogen) atoms. The van der Waals surface area contributed by atoms with Gasteiger partial charge in [-0.15, -0.1) is 0 Å². The lowest BCUT2D eigenvalue weighted by molar-refractivity contribution is -0.146. The van der Waals surface area contributed by atoms with Crippen LogP contribution in [0, 0.1) is 5.92 Å². The normalized spacial score (nSPS) is 14.0. The number of hydrogen-bond donors (Lipinski definition) is 0. The van der Waals surface area contributed by atoms with Crippen LogP contribution in [0.2, 0.25) is 0 Å². The molecule has 3 atom stereocenters. The fourth-order valence-electron chi connectivity index (χ4n) is 2.17. The van der Waals surface area contributed by atoms with Crippen molar-refractivity contribution >= 4 is 15.4 Å². The van der Waals surface area contributed by atoms with E-state index in [9.17, 15) is 4.79 Å². The Hall–Kier alpha value is -0.140. The van der Waals surface area contributed by atoms with Crippen molar-refractivity contribution < 1.29 is 14.1 Å². The molecule has 0 amide bonds. The van der Waals surface area contributed by atoms with E-state index >= 15 is 0 Å². The summed E-state index contributed by atoms with van der Waals surface area (Å²) in [7, 11) is 2.18. The molecule has 0 aliphatic heterocycles. The SMILES string of the molecule is CCCCCCCCC(CC)COC(=O)CC(C)OP. The Labute approximate surface area is 127 Å². The largest absolute Gasteiger partial charge is 0.465 e. The molecule has 0 aromatic carbocycles. The van der Waals surface area contributed by atoms with Crippen molar-refractivity contribution in [2.75, 3.05) is 6.61 Å². The van der Waals surface area contributed by atoms with E-state index in [0.29, 0.717) is 18.9 Å². The van der Waals surface area contributed by atoms with E-state index in [1.165, 1.54) is 44.9 Å². The van der Waals surface area contributed by atoms with Crippen LogP contribution in [0.3, 0.4) is 0 Å². The van der Waals surface area contributed by atoms with Gasteiger partial charge in [0, 0.05) is 9.47 Å².